The predicted molar refractivity (Wildman–Crippen MR) is 85.2 cm³/mol. The molecule has 1 aromatic carbocycles. The Hall–Kier alpha value is -1.28. The fraction of sp³-hybridized carbons (Fsp3) is 0.214. The number of sulfonamides is 1. The Morgan fingerprint density at radius 3 is 2.52 bits per heavy atom. The number of nitrogens with zero attached hydrogens (tertiary/aromatic N) is 1. The molecule has 0 aliphatic rings. The first kappa shape index (κ1) is 16.1. The highest BCUT2D eigenvalue weighted by molar-refractivity contribution is 9.10. The van der Waals surface area contributed by atoms with Gasteiger partial charge in [-0.15, -0.1) is 0 Å². The largest absolute Gasteiger partial charge is 0.316 e. The Labute approximate surface area is 133 Å². The highest BCUT2D eigenvalue weighted by Gasteiger charge is 2.15. The Morgan fingerprint density at radius 2 is 1.90 bits per heavy atom. The third kappa shape index (κ3) is 4.34. The van der Waals surface area contributed by atoms with Gasteiger partial charge in [-0.25, -0.2) is 18.1 Å². The fourth-order valence-corrected chi connectivity index (χ4v) is 3.12. The molecule has 1 aromatic heterocycles. The molecule has 21 heavy (non-hydrogen) atoms. The van der Waals surface area contributed by atoms with Crippen molar-refractivity contribution >= 4 is 26.0 Å². The molecular weight excluding hydrogens is 354 g/mol. The van der Waals surface area contributed by atoms with Crippen LogP contribution in [-0.2, 0) is 23.1 Å². The molecule has 0 amide bonds. The maximum atomic E-state index is 12.2. The lowest BCUT2D eigenvalue weighted by atomic mass is 10.2. The minimum atomic E-state index is -3.61. The molecule has 0 atom stereocenters. The van der Waals surface area contributed by atoms with Gasteiger partial charge < -0.3 is 5.32 Å². The average molecular weight is 370 g/mol. The van der Waals surface area contributed by atoms with Crippen molar-refractivity contribution < 1.29 is 8.42 Å². The number of pyridine rings is 1. The van der Waals surface area contributed by atoms with E-state index >= 15 is 0 Å². The molecule has 5 nitrogen and oxygen atoms in total. The summed E-state index contributed by atoms with van der Waals surface area (Å²) < 4.78 is 27.8. The van der Waals surface area contributed by atoms with Gasteiger partial charge in [0.2, 0.25) is 0 Å². The molecule has 0 saturated carbocycles. The lowest BCUT2D eigenvalue weighted by molar-refractivity contribution is 0.577. The van der Waals surface area contributed by atoms with Crippen LogP contribution in [0.4, 0.5) is 0 Å². The van der Waals surface area contributed by atoms with Crippen LogP contribution in [0.3, 0.4) is 0 Å². The molecular formula is C14H16BrN3O2S. The summed E-state index contributed by atoms with van der Waals surface area (Å²) in [7, 11) is -1.79. The van der Waals surface area contributed by atoms with Crippen LogP contribution in [0.25, 0.3) is 0 Å². The molecule has 1 heterocycles. The summed E-state index contributed by atoms with van der Waals surface area (Å²) >= 11 is 3.39. The molecule has 0 unspecified atom stereocenters. The second-order valence-electron chi connectivity index (χ2n) is 4.45. The number of aromatic nitrogens is 1. The van der Waals surface area contributed by atoms with Gasteiger partial charge in [0.05, 0.1) is 0 Å². The van der Waals surface area contributed by atoms with Crippen LogP contribution in [0.5, 0.6) is 0 Å². The molecule has 0 saturated heterocycles. The number of benzene rings is 1. The summed E-state index contributed by atoms with van der Waals surface area (Å²) in [6, 6.07) is 10.7. The normalized spacial score (nSPS) is 11.5. The topological polar surface area (TPSA) is 71.1 Å². The van der Waals surface area contributed by atoms with Crippen LogP contribution in [-0.4, -0.2) is 20.4 Å². The van der Waals surface area contributed by atoms with E-state index in [1.807, 2.05) is 31.3 Å². The summed E-state index contributed by atoms with van der Waals surface area (Å²) in [5, 5.41) is 3.01. The predicted octanol–water partition coefficient (Wildman–Crippen LogP) is 2.04. The molecule has 112 valence electrons. The van der Waals surface area contributed by atoms with E-state index in [1.165, 1.54) is 6.07 Å². The average Bonchev–Trinajstić information content (AvgIpc) is 2.47. The maximum absolute atomic E-state index is 12.2. The zero-order valence-corrected chi connectivity index (χ0v) is 13.9. The number of halogens is 1. The highest BCUT2D eigenvalue weighted by atomic mass is 79.9. The first-order valence-electron chi connectivity index (χ1n) is 6.35. The van der Waals surface area contributed by atoms with Crippen LogP contribution < -0.4 is 10.0 Å². The fourth-order valence-electron chi connectivity index (χ4n) is 1.77. The molecule has 0 aliphatic heterocycles. The van der Waals surface area contributed by atoms with Crippen LogP contribution >= 0.6 is 15.9 Å². The van der Waals surface area contributed by atoms with Gasteiger partial charge in [-0.05, 0) is 30.3 Å². The van der Waals surface area contributed by atoms with Crippen molar-refractivity contribution in [2.24, 2.45) is 0 Å². The third-order valence-electron chi connectivity index (χ3n) is 2.86. The molecule has 0 spiro atoms. The van der Waals surface area contributed by atoms with E-state index in [4.69, 9.17) is 0 Å². The van der Waals surface area contributed by atoms with Gasteiger partial charge in [-0.3, -0.25) is 0 Å². The second kappa shape index (κ2) is 7.13. The molecule has 7 heteroatoms. The van der Waals surface area contributed by atoms with E-state index in [0.29, 0.717) is 6.54 Å². The monoisotopic (exact) mass is 369 g/mol. The molecule has 2 rings (SSSR count). The lowest BCUT2D eigenvalue weighted by Crippen LogP contribution is -2.24. The van der Waals surface area contributed by atoms with Gasteiger partial charge in [0.15, 0.2) is 5.03 Å². The Bertz CT molecular complexity index is 702. The highest BCUT2D eigenvalue weighted by Crippen LogP contribution is 2.16. The number of hydrogen-bond acceptors (Lipinski definition) is 4. The van der Waals surface area contributed by atoms with E-state index in [2.05, 4.69) is 31.0 Å². The minimum absolute atomic E-state index is 0.0226. The van der Waals surface area contributed by atoms with E-state index in [1.54, 1.807) is 12.3 Å². The molecule has 2 N–H and O–H groups in total. The maximum Gasteiger partial charge on any atom is 0.258 e. The standard InChI is InChI=1S/C14H16BrN3O2S/c1-16-8-11-6-7-14(17-9-11)21(19,20)18-10-12-4-2-3-5-13(12)15/h2-7,9,16,18H,8,10H2,1H3. The van der Waals surface area contributed by atoms with Crippen molar-refractivity contribution in [3.8, 4) is 0 Å². The Balaban J connectivity index is 2.09. The molecule has 0 fully saturated rings. The zero-order chi connectivity index (χ0) is 15.3. The lowest BCUT2D eigenvalue weighted by Gasteiger charge is -2.08. The van der Waals surface area contributed by atoms with Gasteiger partial charge in [0, 0.05) is 23.8 Å². The van der Waals surface area contributed by atoms with E-state index in [-0.39, 0.29) is 11.6 Å². The number of nitrogens with one attached hydrogen (secondary N) is 2. The van der Waals surface area contributed by atoms with Crippen molar-refractivity contribution in [2.75, 3.05) is 7.05 Å². The molecule has 2 aromatic rings. The Morgan fingerprint density at radius 1 is 1.14 bits per heavy atom. The van der Waals surface area contributed by atoms with Crippen LogP contribution in [0.2, 0.25) is 0 Å². The molecule has 0 bridgehead atoms. The summed E-state index contributed by atoms with van der Waals surface area (Å²) in [4.78, 5) is 4.00. The van der Waals surface area contributed by atoms with Crippen molar-refractivity contribution in [1.82, 2.24) is 15.0 Å². The minimum Gasteiger partial charge on any atom is -0.316 e. The number of hydrogen-bond donors (Lipinski definition) is 2. The number of rotatable bonds is 6. The first-order valence-corrected chi connectivity index (χ1v) is 8.63. The van der Waals surface area contributed by atoms with Crippen molar-refractivity contribution in [3.05, 3.63) is 58.2 Å². The summed E-state index contributed by atoms with van der Waals surface area (Å²) in [5.41, 5.74) is 1.80. The summed E-state index contributed by atoms with van der Waals surface area (Å²) in [6.45, 7) is 0.863. The summed E-state index contributed by atoms with van der Waals surface area (Å²) in [6.07, 6.45) is 1.56. The van der Waals surface area contributed by atoms with Crippen molar-refractivity contribution in [2.45, 2.75) is 18.1 Å². The van der Waals surface area contributed by atoms with Crippen molar-refractivity contribution in [3.63, 3.8) is 0 Å². The van der Waals surface area contributed by atoms with Crippen LogP contribution in [0.15, 0.2) is 52.1 Å². The van der Waals surface area contributed by atoms with E-state index in [0.717, 1.165) is 15.6 Å². The molecule has 0 radical (unpaired) electrons. The zero-order valence-electron chi connectivity index (χ0n) is 11.5. The molecule has 0 aliphatic carbocycles. The smallest absolute Gasteiger partial charge is 0.258 e. The van der Waals surface area contributed by atoms with Crippen LogP contribution in [0, 0.1) is 0 Å². The SMILES string of the molecule is CNCc1ccc(S(=O)(=O)NCc2ccccc2Br)nc1. The van der Waals surface area contributed by atoms with E-state index in [9.17, 15) is 8.42 Å². The van der Waals surface area contributed by atoms with Crippen LogP contribution in [0.1, 0.15) is 11.1 Å². The van der Waals surface area contributed by atoms with Crippen molar-refractivity contribution in [1.29, 1.82) is 0 Å². The van der Waals surface area contributed by atoms with Gasteiger partial charge in [0.25, 0.3) is 10.0 Å². The Kier molecular flexibility index (Phi) is 5.46. The van der Waals surface area contributed by atoms with Gasteiger partial charge in [-0.1, -0.05) is 40.2 Å². The quantitative estimate of drug-likeness (QED) is 0.817. The second-order valence-corrected chi connectivity index (χ2v) is 7.02. The van der Waals surface area contributed by atoms with Gasteiger partial charge >= 0.3 is 0 Å². The summed E-state index contributed by atoms with van der Waals surface area (Å²) in [5.74, 6) is 0. The first-order chi connectivity index (χ1) is 10.0. The third-order valence-corrected chi connectivity index (χ3v) is 4.95. The van der Waals surface area contributed by atoms with E-state index < -0.39 is 10.0 Å². The van der Waals surface area contributed by atoms with Gasteiger partial charge in [-0.2, -0.15) is 0 Å². The van der Waals surface area contributed by atoms with Gasteiger partial charge in [0.1, 0.15) is 0 Å².